The number of halogens is 2. The van der Waals surface area contributed by atoms with Crippen LogP contribution in [-0.2, 0) is 11.3 Å². The molecule has 1 aliphatic heterocycles. The monoisotopic (exact) mass is 320 g/mol. The Morgan fingerprint density at radius 2 is 2.00 bits per heavy atom. The third kappa shape index (κ3) is 3.05. The molecule has 0 radical (unpaired) electrons. The van der Waals surface area contributed by atoms with Gasteiger partial charge in [-0.05, 0) is 29.3 Å². The van der Waals surface area contributed by atoms with E-state index in [0.29, 0.717) is 22.3 Å². The topological polar surface area (TPSA) is 41.1 Å². The standard InChI is InChI=1S/C16H14Cl2N2O/c17-11-5-6-15(14(18)7-11)20-16(21)13-9-19-8-10-3-1-2-4-12(10)13/h1-7,13,19H,8-9H2,(H,20,21). The molecule has 3 rings (SSSR count). The Morgan fingerprint density at radius 1 is 1.19 bits per heavy atom. The molecule has 3 nitrogen and oxygen atoms in total. The minimum Gasteiger partial charge on any atom is -0.324 e. The van der Waals surface area contributed by atoms with E-state index >= 15 is 0 Å². The second kappa shape index (κ2) is 6.06. The van der Waals surface area contributed by atoms with Crippen LogP contribution in [0.3, 0.4) is 0 Å². The molecule has 1 aliphatic rings. The molecule has 0 fully saturated rings. The van der Waals surface area contributed by atoms with Crippen LogP contribution in [0.25, 0.3) is 0 Å². The molecular formula is C16H14Cl2N2O. The van der Waals surface area contributed by atoms with Gasteiger partial charge in [0.25, 0.3) is 0 Å². The minimum atomic E-state index is -0.221. The maximum absolute atomic E-state index is 12.5. The molecule has 2 aromatic carbocycles. The van der Waals surface area contributed by atoms with Crippen molar-refractivity contribution in [2.75, 3.05) is 11.9 Å². The Morgan fingerprint density at radius 3 is 2.81 bits per heavy atom. The van der Waals surface area contributed by atoms with Crippen LogP contribution in [0, 0.1) is 0 Å². The number of hydrogen-bond donors (Lipinski definition) is 2. The van der Waals surface area contributed by atoms with Gasteiger partial charge in [-0.2, -0.15) is 0 Å². The molecule has 0 aliphatic carbocycles. The van der Waals surface area contributed by atoms with E-state index in [4.69, 9.17) is 23.2 Å². The van der Waals surface area contributed by atoms with Crippen molar-refractivity contribution in [1.82, 2.24) is 5.32 Å². The van der Waals surface area contributed by atoms with E-state index in [2.05, 4.69) is 10.6 Å². The SMILES string of the molecule is O=C(Nc1ccc(Cl)cc1Cl)C1CNCc2ccccc21. The highest BCUT2D eigenvalue weighted by Crippen LogP contribution is 2.29. The summed E-state index contributed by atoms with van der Waals surface area (Å²) in [6.45, 7) is 1.41. The van der Waals surface area contributed by atoms with E-state index in [9.17, 15) is 4.79 Å². The summed E-state index contributed by atoms with van der Waals surface area (Å²) in [5.74, 6) is -0.291. The van der Waals surface area contributed by atoms with Gasteiger partial charge in [0.1, 0.15) is 0 Å². The highest BCUT2D eigenvalue weighted by Gasteiger charge is 2.26. The van der Waals surface area contributed by atoms with E-state index in [0.717, 1.165) is 17.7 Å². The lowest BCUT2D eigenvalue weighted by Crippen LogP contribution is -2.35. The average Bonchev–Trinajstić information content (AvgIpc) is 2.49. The summed E-state index contributed by atoms with van der Waals surface area (Å²) in [7, 11) is 0. The summed E-state index contributed by atoms with van der Waals surface area (Å²) in [6.07, 6.45) is 0. The summed E-state index contributed by atoms with van der Waals surface area (Å²) >= 11 is 12.0. The number of rotatable bonds is 2. The fourth-order valence-corrected chi connectivity index (χ4v) is 3.00. The predicted octanol–water partition coefficient (Wildman–Crippen LogP) is 3.82. The number of fused-ring (bicyclic) bond motifs is 1. The Labute approximate surface area is 133 Å². The summed E-state index contributed by atoms with van der Waals surface area (Å²) in [4.78, 5) is 12.5. The van der Waals surface area contributed by atoms with Gasteiger partial charge in [0, 0.05) is 18.1 Å². The lowest BCUT2D eigenvalue weighted by Gasteiger charge is -2.25. The number of anilines is 1. The zero-order chi connectivity index (χ0) is 14.8. The number of benzene rings is 2. The number of carbonyl (C=O) groups is 1. The molecule has 5 heteroatoms. The first-order chi connectivity index (χ1) is 10.1. The molecular weight excluding hydrogens is 307 g/mol. The first kappa shape index (κ1) is 14.4. The van der Waals surface area contributed by atoms with Crippen LogP contribution in [0.5, 0.6) is 0 Å². The fraction of sp³-hybridized carbons (Fsp3) is 0.188. The van der Waals surface area contributed by atoms with Gasteiger partial charge in [-0.15, -0.1) is 0 Å². The number of amides is 1. The second-order valence-electron chi connectivity index (χ2n) is 5.00. The van der Waals surface area contributed by atoms with Gasteiger partial charge in [-0.1, -0.05) is 47.5 Å². The zero-order valence-corrected chi connectivity index (χ0v) is 12.7. The van der Waals surface area contributed by atoms with Crippen LogP contribution in [0.2, 0.25) is 10.0 Å². The fourth-order valence-electron chi connectivity index (χ4n) is 2.54. The normalized spacial score (nSPS) is 17.1. The lowest BCUT2D eigenvalue weighted by atomic mass is 9.90. The molecule has 0 saturated heterocycles. The zero-order valence-electron chi connectivity index (χ0n) is 11.2. The third-order valence-electron chi connectivity index (χ3n) is 3.60. The van der Waals surface area contributed by atoms with Gasteiger partial charge < -0.3 is 10.6 Å². The number of carbonyl (C=O) groups excluding carboxylic acids is 1. The van der Waals surface area contributed by atoms with Crippen molar-refractivity contribution in [2.24, 2.45) is 0 Å². The van der Waals surface area contributed by atoms with Crippen molar-refractivity contribution in [3.8, 4) is 0 Å². The smallest absolute Gasteiger partial charge is 0.233 e. The highest BCUT2D eigenvalue weighted by molar-refractivity contribution is 6.36. The van der Waals surface area contributed by atoms with Crippen LogP contribution in [0.4, 0.5) is 5.69 Å². The largest absolute Gasteiger partial charge is 0.324 e. The molecule has 0 spiro atoms. The highest BCUT2D eigenvalue weighted by atomic mass is 35.5. The van der Waals surface area contributed by atoms with Gasteiger partial charge in [0.05, 0.1) is 16.6 Å². The molecule has 21 heavy (non-hydrogen) atoms. The van der Waals surface area contributed by atoms with Gasteiger partial charge in [-0.25, -0.2) is 0 Å². The predicted molar refractivity (Wildman–Crippen MR) is 86.0 cm³/mol. The Bertz CT molecular complexity index is 688. The molecule has 2 aromatic rings. The minimum absolute atomic E-state index is 0.0705. The van der Waals surface area contributed by atoms with E-state index in [1.807, 2.05) is 24.3 Å². The molecule has 1 atom stereocenters. The summed E-state index contributed by atoms with van der Waals surface area (Å²) < 4.78 is 0. The van der Waals surface area contributed by atoms with Gasteiger partial charge in [-0.3, -0.25) is 4.79 Å². The maximum Gasteiger partial charge on any atom is 0.233 e. The van der Waals surface area contributed by atoms with Gasteiger partial charge in [0.15, 0.2) is 0 Å². The average molecular weight is 321 g/mol. The molecule has 2 N–H and O–H groups in total. The maximum atomic E-state index is 12.5. The Hall–Kier alpha value is -1.55. The van der Waals surface area contributed by atoms with E-state index < -0.39 is 0 Å². The molecule has 108 valence electrons. The molecule has 1 unspecified atom stereocenters. The van der Waals surface area contributed by atoms with Crippen molar-refractivity contribution in [3.63, 3.8) is 0 Å². The first-order valence-corrected chi connectivity index (χ1v) is 7.45. The van der Waals surface area contributed by atoms with E-state index in [1.165, 1.54) is 0 Å². The molecule has 0 bridgehead atoms. The molecule has 1 amide bonds. The molecule has 0 aromatic heterocycles. The number of nitrogens with one attached hydrogen (secondary N) is 2. The quantitative estimate of drug-likeness (QED) is 0.883. The summed E-state index contributed by atoms with van der Waals surface area (Å²) in [6, 6.07) is 13.0. The van der Waals surface area contributed by atoms with Crippen molar-refractivity contribution in [2.45, 2.75) is 12.5 Å². The van der Waals surface area contributed by atoms with Crippen molar-refractivity contribution in [3.05, 3.63) is 63.6 Å². The number of hydrogen-bond acceptors (Lipinski definition) is 2. The molecule has 1 heterocycles. The van der Waals surface area contributed by atoms with Gasteiger partial charge >= 0.3 is 0 Å². The summed E-state index contributed by atoms with van der Waals surface area (Å²) in [5.41, 5.74) is 2.80. The molecule has 0 saturated carbocycles. The van der Waals surface area contributed by atoms with Crippen molar-refractivity contribution in [1.29, 1.82) is 0 Å². The van der Waals surface area contributed by atoms with Crippen molar-refractivity contribution < 1.29 is 4.79 Å². The van der Waals surface area contributed by atoms with Crippen LogP contribution in [0.1, 0.15) is 17.0 Å². The van der Waals surface area contributed by atoms with Crippen LogP contribution in [-0.4, -0.2) is 12.5 Å². The second-order valence-corrected chi connectivity index (χ2v) is 5.84. The summed E-state index contributed by atoms with van der Waals surface area (Å²) in [5, 5.41) is 7.13. The van der Waals surface area contributed by atoms with E-state index in [1.54, 1.807) is 18.2 Å². The van der Waals surface area contributed by atoms with Crippen LogP contribution < -0.4 is 10.6 Å². The lowest BCUT2D eigenvalue weighted by molar-refractivity contribution is -0.117. The van der Waals surface area contributed by atoms with E-state index in [-0.39, 0.29) is 11.8 Å². The Balaban J connectivity index is 1.83. The van der Waals surface area contributed by atoms with Crippen LogP contribution >= 0.6 is 23.2 Å². The van der Waals surface area contributed by atoms with Crippen LogP contribution in [0.15, 0.2) is 42.5 Å². The Kier molecular flexibility index (Phi) is 4.15. The van der Waals surface area contributed by atoms with Gasteiger partial charge in [0.2, 0.25) is 5.91 Å². The van der Waals surface area contributed by atoms with Crippen molar-refractivity contribution >= 4 is 34.8 Å². The third-order valence-corrected chi connectivity index (χ3v) is 4.15. The first-order valence-electron chi connectivity index (χ1n) is 6.69.